The smallest absolute Gasteiger partial charge is 0.404 e. The van der Waals surface area contributed by atoms with Gasteiger partial charge in [-0.05, 0) is 25.5 Å². The molecule has 0 bridgehead atoms. The van der Waals surface area contributed by atoms with Crippen LogP contribution in [-0.4, -0.2) is 23.6 Å². The van der Waals surface area contributed by atoms with Crippen molar-refractivity contribution < 1.29 is 19.4 Å². The molecule has 0 aliphatic carbocycles. The van der Waals surface area contributed by atoms with Gasteiger partial charge in [-0.25, -0.2) is 4.79 Å². The van der Waals surface area contributed by atoms with Crippen LogP contribution in [0, 0.1) is 6.92 Å². The molecule has 0 aliphatic heterocycles. The molecule has 2 atom stereocenters. The lowest BCUT2D eigenvalue weighted by Crippen LogP contribution is -2.35. The van der Waals surface area contributed by atoms with Crippen LogP contribution in [0.15, 0.2) is 24.3 Å². The van der Waals surface area contributed by atoms with E-state index in [-0.39, 0.29) is 0 Å². The van der Waals surface area contributed by atoms with E-state index in [0.717, 1.165) is 5.56 Å². The van der Waals surface area contributed by atoms with Crippen molar-refractivity contribution in [2.45, 2.75) is 26.2 Å². The first-order valence-electron chi connectivity index (χ1n) is 4.87. The number of carbonyl (C=O) groups is 1. The van der Waals surface area contributed by atoms with Crippen molar-refractivity contribution in [3.05, 3.63) is 29.8 Å². The molecular formula is C11H15NO4. The second-order valence-corrected chi connectivity index (χ2v) is 3.42. The molecule has 1 aromatic carbocycles. The second kappa shape index (κ2) is 5.37. The zero-order valence-corrected chi connectivity index (χ0v) is 9.21. The Morgan fingerprint density at radius 3 is 2.62 bits per heavy atom. The molecule has 0 saturated carbocycles. The van der Waals surface area contributed by atoms with E-state index in [9.17, 15) is 9.90 Å². The van der Waals surface area contributed by atoms with Crippen molar-refractivity contribution in [1.82, 2.24) is 0 Å². The van der Waals surface area contributed by atoms with E-state index in [1.807, 2.05) is 19.1 Å². The van der Waals surface area contributed by atoms with Crippen LogP contribution in [0.4, 0.5) is 4.79 Å². The van der Waals surface area contributed by atoms with E-state index in [0.29, 0.717) is 5.75 Å². The lowest BCUT2D eigenvalue weighted by molar-refractivity contribution is -0.0979. The molecule has 0 aliphatic rings. The number of nitrogens with two attached hydrogens (primary N) is 1. The normalized spacial score (nSPS) is 13.9. The number of aryl methyl sites for hydroxylation is 1. The highest BCUT2D eigenvalue weighted by Gasteiger charge is 2.19. The van der Waals surface area contributed by atoms with Crippen LogP contribution in [0.5, 0.6) is 5.75 Å². The van der Waals surface area contributed by atoms with Crippen LogP contribution in [0.2, 0.25) is 0 Å². The highest BCUT2D eigenvalue weighted by molar-refractivity contribution is 5.64. The minimum atomic E-state index is -1.24. The van der Waals surface area contributed by atoms with Gasteiger partial charge < -0.3 is 20.3 Å². The molecule has 88 valence electrons. The predicted molar refractivity (Wildman–Crippen MR) is 57.9 cm³/mol. The van der Waals surface area contributed by atoms with E-state index in [1.165, 1.54) is 6.92 Å². The lowest BCUT2D eigenvalue weighted by Gasteiger charge is -2.20. The van der Waals surface area contributed by atoms with E-state index in [2.05, 4.69) is 4.74 Å². The van der Waals surface area contributed by atoms with Crippen LogP contribution < -0.4 is 10.5 Å². The Hall–Kier alpha value is -1.75. The molecule has 0 saturated heterocycles. The molecule has 5 heteroatoms. The third-order valence-corrected chi connectivity index (χ3v) is 2.04. The highest BCUT2D eigenvalue weighted by atomic mass is 16.6. The number of carbonyl (C=O) groups excluding carboxylic acids is 1. The molecule has 0 fully saturated rings. The van der Waals surface area contributed by atoms with Crippen LogP contribution in [0.25, 0.3) is 0 Å². The van der Waals surface area contributed by atoms with Gasteiger partial charge in [-0.15, -0.1) is 0 Å². The van der Waals surface area contributed by atoms with Gasteiger partial charge in [-0.1, -0.05) is 18.2 Å². The number of amides is 1. The van der Waals surface area contributed by atoms with Gasteiger partial charge >= 0.3 is 6.09 Å². The summed E-state index contributed by atoms with van der Waals surface area (Å²) in [6.07, 6.45) is -3.01. The van der Waals surface area contributed by atoms with Gasteiger partial charge in [0.25, 0.3) is 0 Å². The largest absolute Gasteiger partial charge is 0.461 e. The highest BCUT2D eigenvalue weighted by Crippen LogP contribution is 2.18. The minimum absolute atomic E-state index is 0.537. The Labute approximate surface area is 93.8 Å². The van der Waals surface area contributed by atoms with Gasteiger partial charge in [0.15, 0.2) is 6.10 Å². The summed E-state index contributed by atoms with van der Waals surface area (Å²) in [5, 5.41) is 9.59. The standard InChI is InChI=1S/C11H15NO4/c1-7-5-3-4-6-9(7)16-10(13)8(2)15-11(12)14/h3-6,8,10,13H,1-2H3,(H2,12,14)/t8-,10+/m1/s1. The molecule has 5 nitrogen and oxygen atoms in total. The topological polar surface area (TPSA) is 81.8 Å². The molecule has 0 spiro atoms. The van der Waals surface area contributed by atoms with Gasteiger partial charge in [0.2, 0.25) is 6.29 Å². The molecule has 0 heterocycles. The maximum absolute atomic E-state index is 10.5. The van der Waals surface area contributed by atoms with Crippen LogP contribution >= 0.6 is 0 Å². The van der Waals surface area contributed by atoms with Crippen molar-refractivity contribution in [3.63, 3.8) is 0 Å². The minimum Gasteiger partial charge on any atom is -0.461 e. The van der Waals surface area contributed by atoms with Crippen LogP contribution in [0.1, 0.15) is 12.5 Å². The van der Waals surface area contributed by atoms with Crippen molar-refractivity contribution in [3.8, 4) is 5.75 Å². The first-order valence-corrected chi connectivity index (χ1v) is 4.87. The Balaban J connectivity index is 2.60. The zero-order valence-electron chi connectivity index (χ0n) is 9.21. The number of hydrogen-bond donors (Lipinski definition) is 2. The number of primary amides is 1. The molecule has 3 N–H and O–H groups in total. The Kier molecular flexibility index (Phi) is 4.13. The molecule has 0 radical (unpaired) electrons. The molecule has 1 amide bonds. The summed E-state index contributed by atoms with van der Waals surface area (Å²) in [5.74, 6) is 0.537. The third-order valence-electron chi connectivity index (χ3n) is 2.04. The molecule has 1 aromatic rings. The molecule has 0 unspecified atom stereocenters. The fraction of sp³-hybridized carbons (Fsp3) is 0.364. The Morgan fingerprint density at radius 2 is 2.06 bits per heavy atom. The number of rotatable bonds is 4. The molecule has 1 rings (SSSR count). The van der Waals surface area contributed by atoms with Crippen molar-refractivity contribution >= 4 is 6.09 Å². The van der Waals surface area contributed by atoms with Gasteiger partial charge in [-0.3, -0.25) is 0 Å². The van der Waals surface area contributed by atoms with E-state index in [4.69, 9.17) is 10.5 Å². The third kappa shape index (κ3) is 3.43. The Bertz CT molecular complexity index is 367. The lowest BCUT2D eigenvalue weighted by atomic mass is 10.2. The van der Waals surface area contributed by atoms with E-state index < -0.39 is 18.5 Å². The Morgan fingerprint density at radius 1 is 1.44 bits per heavy atom. The second-order valence-electron chi connectivity index (χ2n) is 3.42. The number of ether oxygens (including phenoxy) is 2. The van der Waals surface area contributed by atoms with Crippen LogP contribution in [0.3, 0.4) is 0 Å². The number of aliphatic hydroxyl groups is 1. The van der Waals surface area contributed by atoms with E-state index in [1.54, 1.807) is 12.1 Å². The number of para-hydroxylation sites is 1. The van der Waals surface area contributed by atoms with Gasteiger partial charge in [0.05, 0.1) is 0 Å². The summed E-state index contributed by atoms with van der Waals surface area (Å²) >= 11 is 0. The SMILES string of the molecule is Cc1ccccc1O[C@H](O)[C@@H](C)OC(N)=O. The summed E-state index contributed by atoms with van der Waals surface area (Å²) in [5.41, 5.74) is 5.71. The van der Waals surface area contributed by atoms with Crippen molar-refractivity contribution in [2.24, 2.45) is 5.73 Å². The molecular weight excluding hydrogens is 210 g/mol. The first-order chi connectivity index (χ1) is 7.50. The monoisotopic (exact) mass is 225 g/mol. The number of benzene rings is 1. The predicted octanol–water partition coefficient (Wildman–Crippen LogP) is 1.18. The maximum atomic E-state index is 10.5. The van der Waals surface area contributed by atoms with Crippen molar-refractivity contribution in [1.29, 1.82) is 0 Å². The number of hydrogen-bond acceptors (Lipinski definition) is 4. The zero-order chi connectivity index (χ0) is 12.1. The summed E-state index contributed by atoms with van der Waals surface area (Å²) in [6.45, 7) is 3.34. The van der Waals surface area contributed by atoms with Gasteiger partial charge in [-0.2, -0.15) is 0 Å². The summed E-state index contributed by atoms with van der Waals surface area (Å²) < 4.78 is 9.82. The van der Waals surface area contributed by atoms with Crippen LogP contribution in [-0.2, 0) is 4.74 Å². The summed E-state index contributed by atoms with van der Waals surface area (Å²) in [4.78, 5) is 10.5. The van der Waals surface area contributed by atoms with Gasteiger partial charge in [0, 0.05) is 0 Å². The molecule has 0 aromatic heterocycles. The fourth-order valence-electron chi connectivity index (χ4n) is 1.16. The first kappa shape index (κ1) is 12.3. The maximum Gasteiger partial charge on any atom is 0.404 e. The fourth-order valence-corrected chi connectivity index (χ4v) is 1.16. The van der Waals surface area contributed by atoms with Crippen molar-refractivity contribution in [2.75, 3.05) is 0 Å². The summed E-state index contributed by atoms with van der Waals surface area (Å²) in [7, 11) is 0. The average molecular weight is 225 g/mol. The number of aliphatic hydroxyl groups excluding tert-OH is 1. The average Bonchev–Trinajstić information content (AvgIpc) is 2.20. The molecule has 16 heavy (non-hydrogen) atoms. The quantitative estimate of drug-likeness (QED) is 0.754. The van der Waals surface area contributed by atoms with Gasteiger partial charge in [0.1, 0.15) is 5.75 Å². The summed E-state index contributed by atoms with van der Waals surface area (Å²) in [6, 6.07) is 7.21. The van der Waals surface area contributed by atoms with E-state index >= 15 is 0 Å².